The SMILES string of the molecule is CCc1c(C)nc2ccnn2c1Oc1ccc(C(=O)Nc2cccc(-c3ccc(OC)c(F)c3)n2)cc1F. The van der Waals surface area contributed by atoms with Crippen molar-refractivity contribution < 1.29 is 23.0 Å². The Bertz CT molecular complexity index is 1670. The number of carbonyl (C=O) groups excluding carboxylic acids is 1. The Kier molecular flexibility index (Phi) is 6.69. The van der Waals surface area contributed by atoms with Crippen molar-refractivity contribution in [3.8, 4) is 28.6 Å². The zero-order chi connectivity index (χ0) is 26.8. The first-order chi connectivity index (χ1) is 18.4. The van der Waals surface area contributed by atoms with Crippen molar-refractivity contribution in [3.05, 3.63) is 95.3 Å². The summed E-state index contributed by atoms with van der Waals surface area (Å²) in [5.74, 6) is -1.15. The van der Waals surface area contributed by atoms with E-state index >= 15 is 4.39 Å². The molecule has 0 saturated heterocycles. The molecule has 0 fully saturated rings. The lowest BCUT2D eigenvalue weighted by atomic mass is 10.1. The van der Waals surface area contributed by atoms with Crippen LogP contribution in [-0.4, -0.2) is 32.6 Å². The molecule has 1 amide bonds. The summed E-state index contributed by atoms with van der Waals surface area (Å²) in [5.41, 5.74) is 3.17. The highest BCUT2D eigenvalue weighted by molar-refractivity contribution is 6.04. The Hall–Kier alpha value is -4.86. The number of fused-ring (bicyclic) bond motifs is 1. The molecular weight excluding hydrogens is 492 g/mol. The number of nitrogens with zero attached hydrogens (tertiary/aromatic N) is 4. The highest BCUT2D eigenvalue weighted by atomic mass is 19.1. The van der Waals surface area contributed by atoms with Gasteiger partial charge < -0.3 is 14.8 Å². The summed E-state index contributed by atoms with van der Waals surface area (Å²) in [6, 6.07) is 15.1. The standard InChI is InChI=1S/C28H23F2N5O3/c1-4-19-16(2)32-26-12-13-31-35(26)28(19)38-24-11-9-18(15-21(24)30)27(36)34-25-7-5-6-22(33-25)17-8-10-23(37-3)20(29)14-17/h5-15H,4H2,1-3H3,(H,33,34,36). The van der Waals surface area contributed by atoms with Gasteiger partial charge in [0.25, 0.3) is 5.91 Å². The van der Waals surface area contributed by atoms with E-state index in [-0.39, 0.29) is 22.9 Å². The van der Waals surface area contributed by atoms with Gasteiger partial charge in [-0.05, 0) is 61.9 Å². The molecular formula is C28H23F2N5O3. The van der Waals surface area contributed by atoms with E-state index in [1.807, 2.05) is 13.8 Å². The minimum absolute atomic E-state index is 0.0553. The minimum Gasteiger partial charge on any atom is -0.494 e. The molecule has 0 aliphatic carbocycles. The molecule has 5 rings (SSSR count). The maximum atomic E-state index is 15.1. The average molecular weight is 516 g/mol. The third-order valence-corrected chi connectivity index (χ3v) is 5.98. The topological polar surface area (TPSA) is 90.6 Å². The second-order valence-electron chi connectivity index (χ2n) is 8.39. The summed E-state index contributed by atoms with van der Waals surface area (Å²) < 4.78 is 41.6. The van der Waals surface area contributed by atoms with Gasteiger partial charge in [0.2, 0.25) is 5.88 Å². The van der Waals surface area contributed by atoms with E-state index in [1.54, 1.807) is 36.5 Å². The van der Waals surface area contributed by atoms with Gasteiger partial charge in [-0.3, -0.25) is 4.79 Å². The van der Waals surface area contributed by atoms with Gasteiger partial charge in [-0.15, -0.1) is 0 Å². The van der Waals surface area contributed by atoms with Gasteiger partial charge in [0.15, 0.2) is 28.8 Å². The zero-order valence-corrected chi connectivity index (χ0v) is 20.8. The van der Waals surface area contributed by atoms with Crippen LogP contribution in [-0.2, 0) is 6.42 Å². The van der Waals surface area contributed by atoms with Gasteiger partial charge in [0, 0.05) is 28.5 Å². The lowest BCUT2D eigenvalue weighted by molar-refractivity contribution is 0.102. The molecule has 0 spiro atoms. The Balaban J connectivity index is 1.36. The Labute approximate surface area is 216 Å². The van der Waals surface area contributed by atoms with E-state index in [4.69, 9.17) is 9.47 Å². The predicted molar refractivity (Wildman–Crippen MR) is 138 cm³/mol. The van der Waals surface area contributed by atoms with Crippen molar-refractivity contribution in [1.29, 1.82) is 0 Å². The van der Waals surface area contributed by atoms with Crippen LogP contribution in [0.15, 0.2) is 66.9 Å². The number of pyridine rings is 1. The molecule has 5 aromatic rings. The first-order valence-electron chi connectivity index (χ1n) is 11.8. The molecule has 3 aromatic heterocycles. The molecule has 0 aliphatic heterocycles. The maximum Gasteiger partial charge on any atom is 0.256 e. The minimum atomic E-state index is -0.718. The average Bonchev–Trinajstić information content (AvgIpc) is 3.38. The molecule has 3 heterocycles. The predicted octanol–water partition coefficient (Wildman–Crippen LogP) is 5.99. The van der Waals surface area contributed by atoms with E-state index in [0.29, 0.717) is 29.2 Å². The smallest absolute Gasteiger partial charge is 0.256 e. The molecule has 0 bridgehead atoms. The number of nitrogens with one attached hydrogen (secondary N) is 1. The number of aromatic nitrogens is 4. The normalized spacial score (nSPS) is 11.0. The first kappa shape index (κ1) is 24.8. The Morgan fingerprint density at radius 3 is 2.53 bits per heavy atom. The van der Waals surface area contributed by atoms with Crippen LogP contribution in [0.2, 0.25) is 0 Å². The molecule has 0 radical (unpaired) electrons. The molecule has 38 heavy (non-hydrogen) atoms. The van der Waals surface area contributed by atoms with Crippen LogP contribution in [0.5, 0.6) is 17.4 Å². The van der Waals surface area contributed by atoms with Gasteiger partial charge in [-0.2, -0.15) is 9.61 Å². The first-order valence-corrected chi connectivity index (χ1v) is 11.8. The van der Waals surface area contributed by atoms with Crippen LogP contribution >= 0.6 is 0 Å². The second-order valence-corrected chi connectivity index (χ2v) is 8.39. The number of ether oxygens (including phenoxy) is 2. The Morgan fingerprint density at radius 1 is 1.00 bits per heavy atom. The van der Waals surface area contributed by atoms with Crippen LogP contribution in [0.4, 0.5) is 14.6 Å². The van der Waals surface area contributed by atoms with Crippen molar-refractivity contribution in [2.75, 3.05) is 12.4 Å². The molecule has 192 valence electrons. The lowest BCUT2D eigenvalue weighted by Crippen LogP contribution is -2.13. The number of rotatable bonds is 7. The number of halogens is 2. The van der Waals surface area contributed by atoms with Gasteiger partial charge in [-0.25, -0.2) is 18.7 Å². The maximum absolute atomic E-state index is 15.1. The summed E-state index contributed by atoms with van der Waals surface area (Å²) in [7, 11) is 1.38. The van der Waals surface area contributed by atoms with Crippen LogP contribution in [0.25, 0.3) is 16.9 Å². The number of methoxy groups -OCH3 is 1. The fourth-order valence-electron chi connectivity index (χ4n) is 4.08. The zero-order valence-electron chi connectivity index (χ0n) is 20.8. The van der Waals surface area contributed by atoms with Gasteiger partial charge in [0.1, 0.15) is 5.82 Å². The number of hydrogen-bond acceptors (Lipinski definition) is 6. The molecule has 2 aromatic carbocycles. The summed E-state index contributed by atoms with van der Waals surface area (Å²) in [6.45, 7) is 3.81. The third kappa shape index (κ3) is 4.75. The number of aryl methyl sites for hydroxylation is 1. The number of anilines is 1. The van der Waals surface area contributed by atoms with E-state index < -0.39 is 17.5 Å². The highest BCUT2D eigenvalue weighted by Gasteiger charge is 2.18. The van der Waals surface area contributed by atoms with Crippen LogP contribution in [0.3, 0.4) is 0 Å². The summed E-state index contributed by atoms with van der Waals surface area (Å²) in [6.07, 6.45) is 2.20. The molecule has 0 atom stereocenters. The summed E-state index contributed by atoms with van der Waals surface area (Å²) in [4.78, 5) is 21.7. The van der Waals surface area contributed by atoms with Crippen molar-refractivity contribution in [2.24, 2.45) is 0 Å². The number of hydrogen-bond donors (Lipinski definition) is 1. The molecule has 8 nitrogen and oxygen atoms in total. The monoisotopic (exact) mass is 515 g/mol. The second kappa shape index (κ2) is 10.3. The summed E-state index contributed by atoms with van der Waals surface area (Å²) in [5, 5.41) is 6.89. The summed E-state index contributed by atoms with van der Waals surface area (Å²) >= 11 is 0. The van der Waals surface area contributed by atoms with Crippen molar-refractivity contribution in [2.45, 2.75) is 20.3 Å². The molecule has 1 N–H and O–H groups in total. The van der Waals surface area contributed by atoms with Crippen LogP contribution in [0.1, 0.15) is 28.5 Å². The lowest BCUT2D eigenvalue weighted by Gasteiger charge is -2.14. The highest BCUT2D eigenvalue weighted by Crippen LogP contribution is 2.30. The molecule has 0 aliphatic rings. The van der Waals surface area contributed by atoms with E-state index in [0.717, 1.165) is 17.3 Å². The van der Waals surface area contributed by atoms with Crippen molar-refractivity contribution in [1.82, 2.24) is 19.6 Å². The fraction of sp³-hybridized carbons (Fsp3) is 0.143. The quantitative estimate of drug-likeness (QED) is 0.286. The largest absolute Gasteiger partial charge is 0.494 e. The van der Waals surface area contributed by atoms with E-state index in [9.17, 15) is 9.18 Å². The van der Waals surface area contributed by atoms with Crippen LogP contribution in [0, 0.1) is 18.6 Å². The van der Waals surface area contributed by atoms with Gasteiger partial charge >= 0.3 is 0 Å². The fourth-order valence-corrected chi connectivity index (χ4v) is 4.08. The molecule has 0 unspecified atom stereocenters. The van der Waals surface area contributed by atoms with Crippen molar-refractivity contribution >= 4 is 17.4 Å². The van der Waals surface area contributed by atoms with Crippen LogP contribution < -0.4 is 14.8 Å². The number of amides is 1. The van der Waals surface area contributed by atoms with Gasteiger partial charge in [-0.1, -0.05) is 13.0 Å². The molecule has 0 saturated carbocycles. The van der Waals surface area contributed by atoms with Crippen molar-refractivity contribution in [3.63, 3.8) is 0 Å². The van der Waals surface area contributed by atoms with Gasteiger partial charge in [0.05, 0.1) is 19.0 Å². The Morgan fingerprint density at radius 2 is 1.79 bits per heavy atom. The number of benzene rings is 2. The third-order valence-electron chi connectivity index (χ3n) is 5.98. The van der Waals surface area contributed by atoms with E-state index in [2.05, 4.69) is 20.4 Å². The van der Waals surface area contributed by atoms with E-state index in [1.165, 1.54) is 35.9 Å². The number of carbonyl (C=O) groups is 1. The molecule has 10 heteroatoms.